The lowest BCUT2D eigenvalue weighted by Gasteiger charge is -2.04. The van der Waals surface area contributed by atoms with Crippen LogP contribution < -0.4 is 11.5 Å². The van der Waals surface area contributed by atoms with Crippen molar-refractivity contribution in [3.05, 3.63) is 23.4 Å². The van der Waals surface area contributed by atoms with E-state index in [0.29, 0.717) is 12.4 Å². The number of nitrogens with zero attached hydrogens (tertiary/aromatic N) is 1. The molecule has 0 atom stereocenters. The first-order valence-corrected chi connectivity index (χ1v) is 4.22. The van der Waals surface area contributed by atoms with Crippen molar-refractivity contribution >= 4 is 5.82 Å². The molecule has 1 heterocycles. The average Bonchev–Trinajstić information content (AvgIpc) is 2.09. The molecule has 0 saturated heterocycles. The zero-order chi connectivity index (χ0) is 8.97. The molecule has 0 saturated carbocycles. The predicted molar refractivity (Wildman–Crippen MR) is 50.5 cm³/mol. The molecule has 0 radical (unpaired) electrons. The molecule has 0 aliphatic heterocycles. The minimum atomic E-state index is 0.455. The molecule has 12 heavy (non-hydrogen) atoms. The van der Waals surface area contributed by atoms with E-state index in [-0.39, 0.29) is 0 Å². The molecule has 0 spiro atoms. The van der Waals surface area contributed by atoms with Gasteiger partial charge in [-0.1, -0.05) is 19.4 Å². The van der Waals surface area contributed by atoms with Crippen molar-refractivity contribution < 1.29 is 0 Å². The predicted octanol–water partition coefficient (Wildman–Crippen LogP) is 1.08. The van der Waals surface area contributed by atoms with Crippen molar-refractivity contribution in [2.24, 2.45) is 5.73 Å². The summed E-state index contributed by atoms with van der Waals surface area (Å²) < 4.78 is 0. The van der Waals surface area contributed by atoms with Crippen molar-refractivity contribution in [3.8, 4) is 0 Å². The van der Waals surface area contributed by atoms with Gasteiger partial charge in [0.15, 0.2) is 0 Å². The number of aryl methyl sites for hydroxylation is 1. The van der Waals surface area contributed by atoms with Crippen LogP contribution in [0.1, 0.15) is 24.6 Å². The van der Waals surface area contributed by atoms with E-state index >= 15 is 0 Å². The van der Waals surface area contributed by atoms with Crippen LogP contribution in [0.3, 0.4) is 0 Å². The number of nitrogens with two attached hydrogens (primary N) is 2. The molecule has 1 aromatic rings. The maximum atomic E-state index is 5.72. The largest absolute Gasteiger partial charge is 0.383 e. The molecule has 0 unspecified atom stereocenters. The molecule has 0 amide bonds. The highest BCUT2D eigenvalue weighted by molar-refractivity contribution is 5.40. The molecule has 0 aliphatic carbocycles. The number of aromatic nitrogens is 1. The van der Waals surface area contributed by atoms with Gasteiger partial charge in [0.1, 0.15) is 5.82 Å². The number of rotatable bonds is 3. The topological polar surface area (TPSA) is 64.9 Å². The summed E-state index contributed by atoms with van der Waals surface area (Å²) in [7, 11) is 0. The maximum Gasteiger partial charge on any atom is 0.126 e. The summed E-state index contributed by atoms with van der Waals surface area (Å²) in [5.41, 5.74) is 13.1. The Bertz CT molecular complexity index is 258. The lowest BCUT2D eigenvalue weighted by Crippen LogP contribution is -2.04. The average molecular weight is 165 g/mol. The third-order valence-corrected chi connectivity index (χ3v) is 1.80. The van der Waals surface area contributed by atoms with Gasteiger partial charge in [-0.3, -0.25) is 0 Å². The van der Waals surface area contributed by atoms with Crippen molar-refractivity contribution in [3.63, 3.8) is 0 Å². The van der Waals surface area contributed by atoms with Crippen LogP contribution in [0.5, 0.6) is 0 Å². The van der Waals surface area contributed by atoms with Gasteiger partial charge < -0.3 is 11.5 Å². The molecule has 1 rings (SSSR count). The Morgan fingerprint density at radius 3 is 2.67 bits per heavy atom. The fourth-order valence-corrected chi connectivity index (χ4v) is 1.14. The Hall–Kier alpha value is -1.09. The summed E-state index contributed by atoms with van der Waals surface area (Å²) in [6.07, 6.45) is 2.08. The molecule has 0 aliphatic rings. The third-order valence-electron chi connectivity index (χ3n) is 1.80. The van der Waals surface area contributed by atoms with Gasteiger partial charge in [-0.25, -0.2) is 4.98 Å². The first kappa shape index (κ1) is 9.00. The summed E-state index contributed by atoms with van der Waals surface area (Å²) in [6.45, 7) is 2.58. The van der Waals surface area contributed by atoms with E-state index in [1.165, 1.54) is 0 Å². The van der Waals surface area contributed by atoms with Crippen LogP contribution in [0.25, 0.3) is 0 Å². The van der Waals surface area contributed by atoms with Gasteiger partial charge in [0.25, 0.3) is 0 Å². The maximum absolute atomic E-state index is 5.72. The van der Waals surface area contributed by atoms with Gasteiger partial charge in [-0.15, -0.1) is 0 Å². The van der Waals surface area contributed by atoms with Gasteiger partial charge in [0.05, 0.1) is 5.69 Å². The monoisotopic (exact) mass is 165 g/mol. The molecule has 3 heteroatoms. The number of hydrogen-bond acceptors (Lipinski definition) is 3. The highest BCUT2D eigenvalue weighted by Gasteiger charge is 1.99. The number of anilines is 1. The number of hydrogen-bond donors (Lipinski definition) is 2. The fourth-order valence-electron chi connectivity index (χ4n) is 1.14. The quantitative estimate of drug-likeness (QED) is 0.704. The van der Waals surface area contributed by atoms with E-state index in [9.17, 15) is 0 Å². The van der Waals surface area contributed by atoms with E-state index in [0.717, 1.165) is 24.1 Å². The van der Waals surface area contributed by atoms with E-state index in [4.69, 9.17) is 11.5 Å². The Balaban J connectivity index is 2.87. The summed E-state index contributed by atoms with van der Waals surface area (Å²) >= 11 is 0. The first-order chi connectivity index (χ1) is 5.77. The van der Waals surface area contributed by atoms with E-state index in [1.807, 2.05) is 12.1 Å². The summed E-state index contributed by atoms with van der Waals surface area (Å²) in [5, 5.41) is 0. The highest BCUT2D eigenvalue weighted by atomic mass is 14.9. The number of pyridine rings is 1. The zero-order valence-corrected chi connectivity index (χ0v) is 7.38. The molecule has 4 N–H and O–H groups in total. The molecule has 1 aromatic heterocycles. The molecule has 3 nitrogen and oxygen atoms in total. The van der Waals surface area contributed by atoms with E-state index in [2.05, 4.69) is 11.9 Å². The van der Waals surface area contributed by atoms with Gasteiger partial charge >= 0.3 is 0 Å². The van der Waals surface area contributed by atoms with Crippen molar-refractivity contribution in [1.82, 2.24) is 4.98 Å². The lowest BCUT2D eigenvalue weighted by atomic mass is 10.1. The minimum absolute atomic E-state index is 0.455. The molecule has 0 aromatic carbocycles. The first-order valence-electron chi connectivity index (χ1n) is 4.22. The van der Waals surface area contributed by atoms with Gasteiger partial charge in [-0.05, 0) is 18.1 Å². The second kappa shape index (κ2) is 4.07. The van der Waals surface area contributed by atoms with Crippen LogP contribution in [0.4, 0.5) is 5.82 Å². The van der Waals surface area contributed by atoms with Gasteiger partial charge in [0.2, 0.25) is 0 Å². The van der Waals surface area contributed by atoms with Crippen molar-refractivity contribution in [1.29, 1.82) is 0 Å². The van der Waals surface area contributed by atoms with E-state index < -0.39 is 0 Å². The SMILES string of the molecule is CCCc1ccc(CN)nc1N. The lowest BCUT2D eigenvalue weighted by molar-refractivity contribution is 0.905. The molecular weight excluding hydrogens is 150 g/mol. The Morgan fingerprint density at radius 2 is 2.17 bits per heavy atom. The van der Waals surface area contributed by atoms with Gasteiger partial charge in [0, 0.05) is 6.54 Å². The van der Waals surface area contributed by atoms with Crippen LogP contribution in [0.15, 0.2) is 12.1 Å². The van der Waals surface area contributed by atoms with Crippen LogP contribution in [0.2, 0.25) is 0 Å². The molecule has 0 fully saturated rings. The Kier molecular flexibility index (Phi) is 3.05. The van der Waals surface area contributed by atoms with Crippen LogP contribution in [-0.4, -0.2) is 4.98 Å². The zero-order valence-electron chi connectivity index (χ0n) is 7.38. The fraction of sp³-hybridized carbons (Fsp3) is 0.444. The van der Waals surface area contributed by atoms with Crippen molar-refractivity contribution in [2.75, 3.05) is 5.73 Å². The highest BCUT2D eigenvalue weighted by Crippen LogP contribution is 2.11. The van der Waals surface area contributed by atoms with Gasteiger partial charge in [-0.2, -0.15) is 0 Å². The summed E-state index contributed by atoms with van der Waals surface area (Å²) in [4.78, 5) is 4.16. The van der Waals surface area contributed by atoms with Crippen LogP contribution in [0, 0.1) is 0 Å². The minimum Gasteiger partial charge on any atom is -0.383 e. The standard InChI is InChI=1S/C9H15N3/c1-2-3-7-4-5-8(6-10)12-9(7)11/h4-5H,2-3,6,10H2,1H3,(H2,11,12). The van der Waals surface area contributed by atoms with Crippen LogP contribution in [-0.2, 0) is 13.0 Å². The third kappa shape index (κ3) is 1.95. The summed E-state index contributed by atoms with van der Waals surface area (Å²) in [6, 6.07) is 3.94. The Labute approximate surface area is 72.8 Å². The smallest absolute Gasteiger partial charge is 0.126 e. The second-order valence-corrected chi connectivity index (χ2v) is 2.80. The van der Waals surface area contributed by atoms with Crippen molar-refractivity contribution in [2.45, 2.75) is 26.3 Å². The molecular formula is C9H15N3. The second-order valence-electron chi connectivity index (χ2n) is 2.80. The summed E-state index contributed by atoms with van der Waals surface area (Å²) in [5.74, 6) is 0.625. The normalized spacial score (nSPS) is 10.2. The molecule has 66 valence electrons. The Morgan fingerprint density at radius 1 is 1.42 bits per heavy atom. The van der Waals surface area contributed by atoms with Crippen LogP contribution >= 0.6 is 0 Å². The molecule has 0 bridgehead atoms. The van der Waals surface area contributed by atoms with E-state index in [1.54, 1.807) is 0 Å². The number of nitrogen functional groups attached to an aromatic ring is 1.